The maximum atomic E-state index is 12.7. The molecule has 25 heavy (non-hydrogen) atoms. The number of halogens is 1. The minimum absolute atomic E-state index is 0. The van der Waals surface area contributed by atoms with E-state index in [1.165, 1.54) is 6.07 Å². The monoisotopic (exact) mass is 390 g/mol. The van der Waals surface area contributed by atoms with E-state index in [0.717, 1.165) is 25.9 Å². The molecule has 1 heterocycles. The average molecular weight is 391 g/mol. The molecule has 2 N–H and O–H groups in total. The van der Waals surface area contributed by atoms with Crippen molar-refractivity contribution in [1.29, 1.82) is 0 Å². The highest BCUT2D eigenvalue weighted by Gasteiger charge is 2.29. The Labute approximate surface area is 156 Å². The Morgan fingerprint density at radius 3 is 2.56 bits per heavy atom. The Balaban J connectivity index is 0.00000312. The van der Waals surface area contributed by atoms with Crippen LogP contribution in [0.4, 0.5) is 0 Å². The maximum absolute atomic E-state index is 12.7. The number of carbonyl (C=O) groups is 1. The van der Waals surface area contributed by atoms with Crippen molar-refractivity contribution in [2.75, 3.05) is 26.2 Å². The molecule has 0 aliphatic carbocycles. The van der Waals surface area contributed by atoms with Gasteiger partial charge in [-0.05, 0) is 62.9 Å². The second kappa shape index (κ2) is 8.98. The SMILES string of the molecule is CCOC(=O)c1ccc(C)c(S(=O)(=O)NCC2(C)CCNCC2)c1.Cl. The van der Waals surface area contributed by atoms with Gasteiger partial charge in [0.1, 0.15) is 0 Å². The van der Waals surface area contributed by atoms with E-state index >= 15 is 0 Å². The smallest absolute Gasteiger partial charge is 0.338 e. The summed E-state index contributed by atoms with van der Waals surface area (Å²) in [6.45, 7) is 7.96. The van der Waals surface area contributed by atoms with Crippen LogP contribution in [0.2, 0.25) is 0 Å². The summed E-state index contributed by atoms with van der Waals surface area (Å²) in [5, 5.41) is 3.28. The second-order valence-electron chi connectivity index (χ2n) is 6.59. The fraction of sp³-hybridized carbons (Fsp3) is 0.588. The summed E-state index contributed by atoms with van der Waals surface area (Å²) in [5.74, 6) is -0.515. The Morgan fingerprint density at radius 1 is 1.32 bits per heavy atom. The van der Waals surface area contributed by atoms with Gasteiger partial charge >= 0.3 is 5.97 Å². The molecule has 2 rings (SSSR count). The summed E-state index contributed by atoms with van der Waals surface area (Å²) in [6.07, 6.45) is 1.86. The Bertz CT molecular complexity index is 701. The molecule has 1 aliphatic heterocycles. The van der Waals surface area contributed by atoms with Gasteiger partial charge in [0.15, 0.2) is 0 Å². The van der Waals surface area contributed by atoms with Crippen molar-refractivity contribution >= 4 is 28.4 Å². The summed E-state index contributed by atoms with van der Waals surface area (Å²) < 4.78 is 33.0. The first-order valence-corrected chi connectivity index (χ1v) is 9.74. The van der Waals surface area contributed by atoms with Crippen LogP contribution in [0.5, 0.6) is 0 Å². The second-order valence-corrected chi connectivity index (χ2v) is 8.32. The van der Waals surface area contributed by atoms with Crippen LogP contribution in [0, 0.1) is 12.3 Å². The minimum Gasteiger partial charge on any atom is -0.462 e. The normalized spacial score (nSPS) is 16.8. The summed E-state index contributed by atoms with van der Waals surface area (Å²) in [7, 11) is -3.68. The van der Waals surface area contributed by atoms with Crippen LogP contribution in [0.1, 0.15) is 42.6 Å². The number of rotatable bonds is 6. The lowest BCUT2D eigenvalue weighted by molar-refractivity contribution is 0.0526. The molecular formula is C17H27ClN2O4S. The number of esters is 1. The first kappa shape index (κ1) is 21.9. The number of aryl methyl sites for hydroxylation is 1. The third-order valence-corrected chi connectivity index (χ3v) is 6.03. The molecule has 142 valence electrons. The van der Waals surface area contributed by atoms with Gasteiger partial charge in [-0.25, -0.2) is 17.9 Å². The lowest BCUT2D eigenvalue weighted by Crippen LogP contribution is -2.43. The largest absolute Gasteiger partial charge is 0.462 e. The molecule has 0 atom stereocenters. The van der Waals surface area contributed by atoms with E-state index in [2.05, 4.69) is 17.0 Å². The molecule has 1 fully saturated rings. The molecule has 0 amide bonds. The molecule has 8 heteroatoms. The zero-order valence-electron chi connectivity index (χ0n) is 14.9. The van der Waals surface area contributed by atoms with Crippen molar-refractivity contribution in [3.8, 4) is 0 Å². The highest BCUT2D eigenvalue weighted by Crippen LogP contribution is 2.28. The molecule has 1 aliphatic rings. The lowest BCUT2D eigenvalue weighted by atomic mass is 9.81. The molecule has 0 saturated carbocycles. The molecule has 0 unspecified atom stereocenters. The summed E-state index contributed by atoms with van der Waals surface area (Å²) >= 11 is 0. The number of benzene rings is 1. The number of nitrogens with one attached hydrogen (secondary N) is 2. The van der Waals surface area contributed by atoms with Crippen LogP contribution in [-0.2, 0) is 14.8 Å². The molecule has 1 aromatic rings. The molecule has 0 spiro atoms. The number of sulfonamides is 1. The van der Waals surface area contributed by atoms with Gasteiger partial charge in [-0.1, -0.05) is 13.0 Å². The molecule has 0 radical (unpaired) electrons. The number of piperidine rings is 1. The van der Waals surface area contributed by atoms with Gasteiger partial charge in [0.2, 0.25) is 10.0 Å². The summed E-state index contributed by atoms with van der Waals surface area (Å²) in [6, 6.07) is 4.61. The predicted octanol–water partition coefficient (Wildman–Crippen LogP) is 2.26. The van der Waals surface area contributed by atoms with E-state index in [1.807, 2.05) is 0 Å². The zero-order chi connectivity index (χ0) is 17.8. The van der Waals surface area contributed by atoms with E-state index < -0.39 is 16.0 Å². The van der Waals surface area contributed by atoms with Crippen molar-refractivity contribution in [2.24, 2.45) is 5.41 Å². The number of hydrogen-bond acceptors (Lipinski definition) is 5. The Kier molecular flexibility index (Phi) is 7.87. The van der Waals surface area contributed by atoms with Crippen LogP contribution < -0.4 is 10.0 Å². The maximum Gasteiger partial charge on any atom is 0.338 e. The van der Waals surface area contributed by atoms with Gasteiger partial charge in [0.05, 0.1) is 17.1 Å². The molecule has 1 saturated heterocycles. The van der Waals surface area contributed by atoms with Crippen LogP contribution in [0.3, 0.4) is 0 Å². The molecule has 0 aromatic heterocycles. The van der Waals surface area contributed by atoms with Gasteiger partial charge in [-0.3, -0.25) is 0 Å². The van der Waals surface area contributed by atoms with E-state index in [9.17, 15) is 13.2 Å². The van der Waals surface area contributed by atoms with Gasteiger partial charge in [0.25, 0.3) is 0 Å². The standard InChI is InChI=1S/C17H26N2O4S.ClH/c1-4-23-16(20)14-6-5-13(2)15(11-14)24(21,22)19-12-17(3)7-9-18-10-8-17;/h5-6,11,18-19H,4,7-10,12H2,1-3H3;1H. The highest BCUT2D eigenvalue weighted by molar-refractivity contribution is 7.89. The Hall–Kier alpha value is -1.15. The molecule has 0 bridgehead atoms. The fourth-order valence-corrected chi connectivity index (χ4v) is 4.25. The average Bonchev–Trinajstić information content (AvgIpc) is 2.54. The Morgan fingerprint density at radius 2 is 1.96 bits per heavy atom. The summed E-state index contributed by atoms with van der Waals surface area (Å²) in [5.41, 5.74) is 0.798. The number of carbonyl (C=O) groups excluding carboxylic acids is 1. The van der Waals surface area contributed by atoms with Crippen molar-refractivity contribution in [3.63, 3.8) is 0 Å². The predicted molar refractivity (Wildman–Crippen MR) is 99.8 cm³/mol. The number of hydrogen-bond donors (Lipinski definition) is 2. The third kappa shape index (κ3) is 5.67. The first-order valence-electron chi connectivity index (χ1n) is 8.25. The van der Waals surface area contributed by atoms with Crippen molar-refractivity contribution in [3.05, 3.63) is 29.3 Å². The molecule has 6 nitrogen and oxygen atoms in total. The molecular weight excluding hydrogens is 364 g/mol. The zero-order valence-corrected chi connectivity index (χ0v) is 16.6. The van der Waals surface area contributed by atoms with Gasteiger partial charge in [-0.2, -0.15) is 0 Å². The van der Waals surface area contributed by atoms with Crippen LogP contribution >= 0.6 is 12.4 Å². The summed E-state index contributed by atoms with van der Waals surface area (Å²) in [4.78, 5) is 12.0. The molecule has 1 aromatic carbocycles. The van der Waals surface area contributed by atoms with Crippen LogP contribution in [0.25, 0.3) is 0 Å². The first-order chi connectivity index (χ1) is 11.3. The van der Waals surface area contributed by atoms with Crippen molar-refractivity contribution < 1.29 is 17.9 Å². The van der Waals surface area contributed by atoms with E-state index in [1.54, 1.807) is 26.0 Å². The van der Waals surface area contributed by atoms with Crippen molar-refractivity contribution in [2.45, 2.75) is 38.5 Å². The quantitative estimate of drug-likeness (QED) is 0.728. The van der Waals surface area contributed by atoms with Gasteiger partial charge in [0, 0.05) is 6.54 Å². The van der Waals surface area contributed by atoms with Gasteiger partial charge < -0.3 is 10.1 Å². The third-order valence-electron chi connectivity index (χ3n) is 4.49. The van der Waals surface area contributed by atoms with Crippen LogP contribution in [-0.4, -0.2) is 40.6 Å². The van der Waals surface area contributed by atoms with E-state index in [4.69, 9.17) is 4.74 Å². The van der Waals surface area contributed by atoms with E-state index in [-0.39, 0.29) is 34.9 Å². The fourth-order valence-electron chi connectivity index (χ4n) is 2.79. The van der Waals surface area contributed by atoms with Gasteiger partial charge in [-0.15, -0.1) is 12.4 Å². The van der Waals surface area contributed by atoms with E-state index in [0.29, 0.717) is 12.1 Å². The topological polar surface area (TPSA) is 84.5 Å². The highest BCUT2D eigenvalue weighted by atomic mass is 35.5. The lowest BCUT2D eigenvalue weighted by Gasteiger charge is -2.34. The minimum atomic E-state index is -3.68. The van der Waals surface area contributed by atoms with Crippen molar-refractivity contribution in [1.82, 2.24) is 10.0 Å². The number of ether oxygens (including phenoxy) is 1. The van der Waals surface area contributed by atoms with Crippen LogP contribution in [0.15, 0.2) is 23.1 Å².